The summed E-state index contributed by atoms with van der Waals surface area (Å²) in [4.78, 5) is 4.47. The van der Waals surface area contributed by atoms with Gasteiger partial charge in [-0.15, -0.1) is 5.10 Å². The van der Waals surface area contributed by atoms with E-state index in [1.54, 1.807) is 0 Å². The van der Waals surface area contributed by atoms with Gasteiger partial charge < -0.3 is 10.4 Å². The molecule has 2 aromatic rings. The third-order valence-electron chi connectivity index (χ3n) is 3.32. The van der Waals surface area contributed by atoms with Gasteiger partial charge >= 0.3 is 0 Å². The highest BCUT2D eigenvalue weighted by molar-refractivity contribution is 5.44. The van der Waals surface area contributed by atoms with Crippen molar-refractivity contribution in [2.24, 2.45) is 5.41 Å². The summed E-state index contributed by atoms with van der Waals surface area (Å²) >= 11 is 0. The van der Waals surface area contributed by atoms with Crippen LogP contribution < -0.4 is 5.32 Å². The fourth-order valence-corrected chi connectivity index (χ4v) is 2.10. The Morgan fingerprint density at radius 3 is 2.68 bits per heavy atom. The number of nitrogens with zero attached hydrogens (tertiary/aromatic N) is 3. The van der Waals surface area contributed by atoms with E-state index in [0.29, 0.717) is 12.4 Å². The minimum atomic E-state index is 0.0370. The summed E-state index contributed by atoms with van der Waals surface area (Å²) in [5.41, 5.74) is 1.92. The Morgan fingerprint density at radius 1 is 1.37 bits per heavy atom. The van der Waals surface area contributed by atoms with Gasteiger partial charge in [-0.25, -0.2) is 4.52 Å². The van der Waals surface area contributed by atoms with Crippen molar-refractivity contribution >= 4 is 11.6 Å². The first-order chi connectivity index (χ1) is 8.91. The Balaban J connectivity index is 2.27. The SMILES string of the molecule is Cc1cccc2nc(NC(CCO)C(C)(C)C)nn12. The third kappa shape index (κ3) is 3.04. The van der Waals surface area contributed by atoms with Crippen molar-refractivity contribution in [1.29, 1.82) is 0 Å². The number of aliphatic hydroxyl groups excluding tert-OH is 1. The highest BCUT2D eigenvalue weighted by Gasteiger charge is 2.25. The van der Waals surface area contributed by atoms with Crippen molar-refractivity contribution in [3.63, 3.8) is 0 Å². The predicted molar refractivity (Wildman–Crippen MR) is 76.3 cm³/mol. The maximum atomic E-state index is 9.18. The standard InChI is InChI=1S/C14H22N4O/c1-10-6-5-7-12-16-13(17-18(10)12)15-11(8-9-19)14(2,3)4/h5-7,11,19H,8-9H2,1-4H3,(H,15,17). The van der Waals surface area contributed by atoms with Crippen molar-refractivity contribution in [2.75, 3.05) is 11.9 Å². The molecule has 0 aliphatic rings. The molecule has 0 aromatic carbocycles. The van der Waals surface area contributed by atoms with Gasteiger partial charge in [-0.05, 0) is 30.9 Å². The lowest BCUT2D eigenvalue weighted by atomic mass is 9.85. The summed E-state index contributed by atoms with van der Waals surface area (Å²) in [7, 11) is 0. The lowest BCUT2D eigenvalue weighted by Crippen LogP contribution is -2.35. The van der Waals surface area contributed by atoms with Gasteiger partial charge in [-0.3, -0.25) is 0 Å². The topological polar surface area (TPSA) is 62.5 Å². The second-order valence-electron chi connectivity index (χ2n) is 5.95. The van der Waals surface area contributed by atoms with E-state index in [1.807, 2.05) is 29.6 Å². The normalized spacial score (nSPS) is 13.7. The molecule has 0 saturated carbocycles. The molecular formula is C14H22N4O. The zero-order chi connectivity index (χ0) is 14.0. The first-order valence-electron chi connectivity index (χ1n) is 6.61. The van der Waals surface area contributed by atoms with Crippen LogP contribution >= 0.6 is 0 Å². The van der Waals surface area contributed by atoms with E-state index >= 15 is 0 Å². The van der Waals surface area contributed by atoms with Crippen molar-refractivity contribution < 1.29 is 5.11 Å². The Bertz CT molecular complexity index is 556. The Labute approximate surface area is 113 Å². The molecule has 2 heterocycles. The fraction of sp³-hybridized carbons (Fsp3) is 0.571. The smallest absolute Gasteiger partial charge is 0.243 e. The molecule has 0 radical (unpaired) electrons. The molecule has 5 heteroatoms. The van der Waals surface area contributed by atoms with Gasteiger partial charge in [0, 0.05) is 18.3 Å². The van der Waals surface area contributed by atoms with E-state index in [0.717, 1.165) is 11.3 Å². The van der Waals surface area contributed by atoms with Crippen LogP contribution in [0.5, 0.6) is 0 Å². The number of nitrogens with one attached hydrogen (secondary N) is 1. The summed E-state index contributed by atoms with van der Waals surface area (Å²) < 4.78 is 1.82. The van der Waals surface area contributed by atoms with Crippen LogP contribution in [0.2, 0.25) is 0 Å². The Hall–Kier alpha value is -1.62. The molecule has 0 spiro atoms. The van der Waals surface area contributed by atoms with Crippen molar-refractivity contribution in [1.82, 2.24) is 14.6 Å². The van der Waals surface area contributed by atoms with E-state index in [-0.39, 0.29) is 18.1 Å². The highest BCUT2D eigenvalue weighted by atomic mass is 16.3. The number of fused-ring (bicyclic) bond motifs is 1. The van der Waals surface area contributed by atoms with Crippen molar-refractivity contribution in [3.8, 4) is 0 Å². The number of hydrogen-bond acceptors (Lipinski definition) is 4. The molecule has 0 saturated heterocycles. The molecule has 104 valence electrons. The van der Waals surface area contributed by atoms with Gasteiger partial charge in [0.05, 0.1) is 0 Å². The largest absolute Gasteiger partial charge is 0.396 e. The molecule has 5 nitrogen and oxygen atoms in total. The molecule has 0 fully saturated rings. The van der Waals surface area contributed by atoms with Gasteiger partial charge in [0.25, 0.3) is 0 Å². The number of aliphatic hydroxyl groups is 1. The third-order valence-corrected chi connectivity index (χ3v) is 3.32. The molecule has 2 N–H and O–H groups in total. The van der Waals surface area contributed by atoms with Crippen LogP contribution in [0, 0.1) is 12.3 Å². The first-order valence-corrected chi connectivity index (χ1v) is 6.61. The number of anilines is 1. The van der Waals surface area contributed by atoms with Crippen LogP contribution in [0.3, 0.4) is 0 Å². The fourth-order valence-electron chi connectivity index (χ4n) is 2.10. The van der Waals surface area contributed by atoms with Crippen LogP contribution in [0.4, 0.5) is 5.95 Å². The molecule has 0 aliphatic carbocycles. The first kappa shape index (κ1) is 13.8. The average Bonchev–Trinajstić information content (AvgIpc) is 2.71. The Kier molecular flexibility index (Phi) is 3.75. The van der Waals surface area contributed by atoms with E-state index < -0.39 is 0 Å². The number of aromatic nitrogens is 3. The van der Waals surface area contributed by atoms with Gasteiger partial charge in [0.1, 0.15) is 0 Å². The maximum Gasteiger partial charge on any atom is 0.243 e. The van der Waals surface area contributed by atoms with Crippen LogP contribution in [-0.4, -0.2) is 32.4 Å². The van der Waals surface area contributed by atoms with E-state index in [2.05, 4.69) is 36.2 Å². The molecule has 2 aromatic heterocycles. The molecule has 0 amide bonds. The van der Waals surface area contributed by atoms with Crippen LogP contribution in [0.15, 0.2) is 18.2 Å². The lowest BCUT2D eigenvalue weighted by molar-refractivity contribution is 0.235. The quantitative estimate of drug-likeness (QED) is 0.887. The summed E-state index contributed by atoms with van der Waals surface area (Å²) in [6, 6.07) is 6.04. The molecule has 1 atom stereocenters. The van der Waals surface area contributed by atoms with Gasteiger partial charge in [-0.1, -0.05) is 26.8 Å². The number of hydrogen-bond donors (Lipinski definition) is 2. The summed E-state index contributed by atoms with van der Waals surface area (Å²) in [5.74, 6) is 0.614. The second kappa shape index (κ2) is 5.17. The molecular weight excluding hydrogens is 240 g/mol. The summed E-state index contributed by atoms with van der Waals surface area (Å²) in [5, 5.41) is 17.0. The van der Waals surface area contributed by atoms with Gasteiger partial charge in [0.2, 0.25) is 5.95 Å². The molecule has 0 bridgehead atoms. The zero-order valence-corrected chi connectivity index (χ0v) is 12.0. The molecule has 1 unspecified atom stereocenters. The van der Waals surface area contributed by atoms with E-state index in [1.165, 1.54) is 0 Å². The molecule has 19 heavy (non-hydrogen) atoms. The monoisotopic (exact) mass is 262 g/mol. The van der Waals surface area contributed by atoms with E-state index in [4.69, 9.17) is 0 Å². The number of pyridine rings is 1. The minimum absolute atomic E-state index is 0.0370. The highest BCUT2D eigenvalue weighted by Crippen LogP contribution is 2.24. The number of rotatable bonds is 4. The van der Waals surface area contributed by atoms with Gasteiger partial charge in [0.15, 0.2) is 5.65 Å². The summed E-state index contributed by atoms with van der Waals surface area (Å²) in [6.07, 6.45) is 0.679. The lowest BCUT2D eigenvalue weighted by Gasteiger charge is -2.30. The zero-order valence-electron chi connectivity index (χ0n) is 12.0. The minimum Gasteiger partial charge on any atom is -0.396 e. The van der Waals surface area contributed by atoms with Crippen molar-refractivity contribution in [2.45, 2.75) is 40.2 Å². The number of aryl methyl sites for hydroxylation is 1. The predicted octanol–water partition coefficient (Wildman–Crippen LogP) is 2.25. The van der Waals surface area contributed by atoms with Crippen molar-refractivity contribution in [3.05, 3.63) is 23.9 Å². The van der Waals surface area contributed by atoms with Gasteiger partial charge in [-0.2, -0.15) is 4.98 Å². The van der Waals surface area contributed by atoms with Crippen LogP contribution in [0.1, 0.15) is 32.9 Å². The molecule has 2 rings (SSSR count). The van der Waals surface area contributed by atoms with Crippen LogP contribution in [0.25, 0.3) is 5.65 Å². The Morgan fingerprint density at radius 2 is 2.11 bits per heavy atom. The molecule has 0 aliphatic heterocycles. The van der Waals surface area contributed by atoms with Crippen LogP contribution in [-0.2, 0) is 0 Å². The average molecular weight is 262 g/mol. The second-order valence-corrected chi connectivity index (χ2v) is 5.95. The maximum absolute atomic E-state index is 9.18. The summed E-state index contributed by atoms with van der Waals surface area (Å²) in [6.45, 7) is 8.58. The van der Waals surface area contributed by atoms with E-state index in [9.17, 15) is 5.11 Å².